The van der Waals surface area contributed by atoms with Crippen molar-refractivity contribution in [3.8, 4) is 0 Å². The highest BCUT2D eigenvalue weighted by molar-refractivity contribution is 7.89. The molecule has 20 heavy (non-hydrogen) atoms. The molecule has 2 heterocycles. The first-order valence-electron chi connectivity index (χ1n) is 7.21. The number of fused-ring (bicyclic) bond motifs is 2. The second-order valence-electron chi connectivity index (χ2n) is 5.94. The summed E-state index contributed by atoms with van der Waals surface area (Å²) in [4.78, 5) is 0. The van der Waals surface area contributed by atoms with Gasteiger partial charge in [-0.15, -0.1) is 0 Å². The minimum absolute atomic E-state index is 0.0392. The molecule has 0 aromatic heterocycles. The van der Waals surface area contributed by atoms with Gasteiger partial charge in [-0.3, -0.25) is 0 Å². The zero-order valence-corrected chi connectivity index (χ0v) is 13.7. The van der Waals surface area contributed by atoms with Gasteiger partial charge in [-0.05, 0) is 32.1 Å². The highest BCUT2D eigenvalue weighted by Crippen LogP contribution is 2.37. The minimum Gasteiger partial charge on any atom is -0.212 e. The highest BCUT2D eigenvalue weighted by Gasteiger charge is 2.45. The molecule has 0 radical (unpaired) electrons. The Labute approximate surface area is 122 Å². The van der Waals surface area contributed by atoms with Crippen LogP contribution in [0.3, 0.4) is 0 Å². The quantitative estimate of drug-likeness (QED) is 0.778. The molecule has 2 saturated heterocycles. The van der Waals surface area contributed by atoms with Gasteiger partial charge in [0.05, 0.1) is 12.0 Å². The van der Waals surface area contributed by atoms with Crippen molar-refractivity contribution in [1.29, 1.82) is 0 Å². The molecule has 2 unspecified atom stereocenters. The van der Waals surface area contributed by atoms with E-state index in [1.165, 1.54) is 6.26 Å². The minimum atomic E-state index is -3.23. The van der Waals surface area contributed by atoms with Crippen LogP contribution in [0.15, 0.2) is 0 Å². The van der Waals surface area contributed by atoms with Gasteiger partial charge < -0.3 is 0 Å². The van der Waals surface area contributed by atoms with Crippen molar-refractivity contribution in [3.05, 3.63) is 0 Å². The van der Waals surface area contributed by atoms with Crippen molar-refractivity contribution >= 4 is 20.0 Å². The molecule has 0 spiro atoms. The van der Waals surface area contributed by atoms with Crippen LogP contribution < -0.4 is 4.72 Å². The Morgan fingerprint density at radius 1 is 1.10 bits per heavy atom. The van der Waals surface area contributed by atoms with Crippen molar-refractivity contribution in [2.75, 3.05) is 12.0 Å². The topological polar surface area (TPSA) is 83.6 Å². The summed E-state index contributed by atoms with van der Waals surface area (Å²) in [5, 5.41) is 0. The van der Waals surface area contributed by atoms with Gasteiger partial charge in [-0.25, -0.2) is 21.6 Å². The van der Waals surface area contributed by atoms with Crippen LogP contribution in [0.1, 0.15) is 45.4 Å². The lowest BCUT2D eigenvalue weighted by Crippen LogP contribution is -2.52. The summed E-state index contributed by atoms with van der Waals surface area (Å²) >= 11 is 0. The van der Waals surface area contributed by atoms with Gasteiger partial charge in [0.2, 0.25) is 20.0 Å². The average molecular weight is 324 g/mol. The smallest absolute Gasteiger partial charge is 0.211 e. The summed E-state index contributed by atoms with van der Waals surface area (Å²) in [6.45, 7) is 1.96. The third-order valence-corrected chi connectivity index (χ3v) is 7.04. The number of unbranched alkanes of at least 4 members (excludes halogenated alkanes) is 1. The molecule has 0 aliphatic carbocycles. The number of hydrogen-bond acceptors (Lipinski definition) is 4. The molecular formula is C12H24N2O4S2. The van der Waals surface area contributed by atoms with Crippen LogP contribution in [0, 0.1) is 0 Å². The first kappa shape index (κ1) is 16.2. The van der Waals surface area contributed by atoms with Gasteiger partial charge in [-0.1, -0.05) is 13.3 Å². The lowest BCUT2D eigenvalue weighted by molar-refractivity contribution is 0.221. The molecule has 2 aliphatic heterocycles. The molecule has 0 amide bonds. The maximum atomic E-state index is 11.9. The van der Waals surface area contributed by atoms with Crippen LogP contribution in [-0.2, 0) is 20.0 Å². The van der Waals surface area contributed by atoms with E-state index in [9.17, 15) is 16.8 Å². The molecule has 6 nitrogen and oxygen atoms in total. The van der Waals surface area contributed by atoms with E-state index in [0.717, 1.165) is 19.3 Å². The summed E-state index contributed by atoms with van der Waals surface area (Å²) in [6.07, 6.45) is 5.60. The van der Waals surface area contributed by atoms with E-state index in [1.54, 1.807) is 4.31 Å². The van der Waals surface area contributed by atoms with Crippen molar-refractivity contribution < 1.29 is 16.8 Å². The van der Waals surface area contributed by atoms with Gasteiger partial charge in [0.1, 0.15) is 0 Å². The number of sulfonamides is 2. The lowest BCUT2D eigenvalue weighted by atomic mass is 10.0. The van der Waals surface area contributed by atoms with Crippen LogP contribution in [0.25, 0.3) is 0 Å². The zero-order valence-electron chi connectivity index (χ0n) is 12.1. The SMILES string of the molecule is CCCCS(=O)(=O)NC1CC2CCC(C1)N2S(C)(=O)=O. The van der Waals surface area contributed by atoms with Crippen LogP contribution in [0.2, 0.25) is 0 Å². The summed E-state index contributed by atoms with van der Waals surface area (Å²) in [6, 6.07) is -0.197. The number of nitrogens with one attached hydrogen (secondary N) is 1. The fraction of sp³-hybridized carbons (Fsp3) is 1.00. The van der Waals surface area contributed by atoms with Crippen molar-refractivity contribution in [2.24, 2.45) is 0 Å². The van der Waals surface area contributed by atoms with Gasteiger partial charge in [-0.2, -0.15) is 4.31 Å². The predicted octanol–water partition coefficient (Wildman–Crippen LogP) is 0.661. The molecule has 0 saturated carbocycles. The van der Waals surface area contributed by atoms with E-state index in [0.29, 0.717) is 19.3 Å². The summed E-state index contributed by atoms with van der Waals surface area (Å²) in [5.74, 6) is 0.158. The van der Waals surface area contributed by atoms with E-state index in [1.807, 2.05) is 6.92 Å². The Balaban J connectivity index is 2.00. The molecule has 2 rings (SSSR count). The van der Waals surface area contributed by atoms with Gasteiger partial charge >= 0.3 is 0 Å². The largest absolute Gasteiger partial charge is 0.212 e. The number of nitrogens with zero attached hydrogens (tertiary/aromatic N) is 1. The molecule has 8 heteroatoms. The number of piperidine rings is 1. The van der Waals surface area contributed by atoms with E-state index in [-0.39, 0.29) is 23.9 Å². The van der Waals surface area contributed by atoms with Crippen molar-refractivity contribution in [3.63, 3.8) is 0 Å². The monoisotopic (exact) mass is 324 g/mol. The first-order valence-corrected chi connectivity index (χ1v) is 10.7. The van der Waals surface area contributed by atoms with Gasteiger partial charge in [0, 0.05) is 18.1 Å². The molecule has 0 aromatic carbocycles. The third kappa shape index (κ3) is 3.72. The molecule has 2 fully saturated rings. The van der Waals surface area contributed by atoms with Crippen LogP contribution in [-0.4, -0.2) is 51.3 Å². The van der Waals surface area contributed by atoms with E-state index in [4.69, 9.17) is 0 Å². The van der Waals surface area contributed by atoms with Crippen LogP contribution >= 0.6 is 0 Å². The predicted molar refractivity (Wildman–Crippen MR) is 78.3 cm³/mol. The molecular weight excluding hydrogens is 300 g/mol. The number of rotatable bonds is 6. The van der Waals surface area contributed by atoms with E-state index in [2.05, 4.69) is 4.72 Å². The molecule has 2 aliphatic rings. The highest BCUT2D eigenvalue weighted by atomic mass is 32.2. The maximum Gasteiger partial charge on any atom is 0.211 e. The Hall–Kier alpha value is -0.180. The molecule has 0 aromatic rings. The maximum absolute atomic E-state index is 11.9. The fourth-order valence-electron chi connectivity index (χ4n) is 3.42. The molecule has 2 bridgehead atoms. The third-order valence-electron chi connectivity index (χ3n) is 4.16. The van der Waals surface area contributed by atoms with Gasteiger partial charge in [0.25, 0.3) is 0 Å². The first-order chi connectivity index (χ1) is 9.23. The normalized spacial score (nSPS) is 31.6. The average Bonchev–Trinajstić information content (AvgIpc) is 2.59. The Kier molecular flexibility index (Phi) is 4.78. The van der Waals surface area contributed by atoms with Crippen LogP contribution in [0.5, 0.6) is 0 Å². The summed E-state index contributed by atoms with van der Waals surface area (Å²) in [5.41, 5.74) is 0. The molecule has 118 valence electrons. The molecule has 2 atom stereocenters. The van der Waals surface area contributed by atoms with Gasteiger partial charge in [0.15, 0.2) is 0 Å². The summed E-state index contributed by atoms with van der Waals surface area (Å²) < 4.78 is 51.7. The molecule has 1 N–H and O–H groups in total. The Bertz CT molecular complexity index is 530. The number of hydrogen-bond donors (Lipinski definition) is 1. The second kappa shape index (κ2) is 5.90. The Morgan fingerprint density at radius 3 is 2.10 bits per heavy atom. The van der Waals surface area contributed by atoms with E-state index >= 15 is 0 Å². The second-order valence-corrected chi connectivity index (χ2v) is 9.70. The zero-order chi connectivity index (χ0) is 15.0. The Morgan fingerprint density at radius 2 is 1.65 bits per heavy atom. The van der Waals surface area contributed by atoms with Crippen molar-refractivity contribution in [1.82, 2.24) is 9.03 Å². The van der Waals surface area contributed by atoms with E-state index < -0.39 is 20.0 Å². The van der Waals surface area contributed by atoms with Crippen molar-refractivity contribution in [2.45, 2.75) is 63.6 Å². The van der Waals surface area contributed by atoms with Crippen LogP contribution in [0.4, 0.5) is 0 Å². The standard InChI is InChI=1S/C12H24N2O4S2/c1-3-4-7-20(17,18)13-10-8-11-5-6-12(9-10)14(11)19(2,15)16/h10-13H,3-9H2,1-2H3. The summed E-state index contributed by atoms with van der Waals surface area (Å²) in [7, 11) is -6.42. The fourth-order valence-corrected chi connectivity index (χ4v) is 6.37. The lowest BCUT2D eigenvalue weighted by Gasteiger charge is -2.37.